The molecule has 2 aromatic rings. The van der Waals surface area contributed by atoms with Crippen LogP contribution in [0.25, 0.3) is 0 Å². The van der Waals surface area contributed by atoms with Crippen molar-refractivity contribution in [3.8, 4) is 11.5 Å². The summed E-state index contributed by atoms with van der Waals surface area (Å²) in [5.74, 6) is 1.24. The van der Waals surface area contributed by atoms with Crippen LogP contribution in [0, 0.1) is 6.92 Å². The lowest BCUT2D eigenvalue weighted by Crippen LogP contribution is -2.30. The van der Waals surface area contributed by atoms with Gasteiger partial charge in [-0.3, -0.25) is 4.79 Å². The fourth-order valence-electron chi connectivity index (χ4n) is 1.86. The summed E-state index contributed by atoms with van der Waals surface area (Å²) in [6, 6.07) is 14.8. The first-order valence-corrected chi connectivity index (χ1v) is 6.77. The van der Waals surface area contributed by atoms with Crippen LogP contribution in [0.1, 0.15) is 12.5 Å². The topological polar surface area (TPSA) is 47.6 Å². The van der Waals surface area contributed by atoms with Gasteiger partial charge in [0.25, 0.3) is 5.91 Å². The number of methoxy groups -OCH3 is 1. The lowest BCUT2D eigenvalue weighted by atomic mass is 10.2. The molecule has 0 saturated carbocycles. The zero-order valence-corrected chi connectivity index (χ0v) is 12.4. The normalized spacial score (nSPS) is 11.6. The van der Waals surface area contributed by atoms with Crippen LogP contribution in [0.3, 0.4) is 0 Å². The van der Waals surface area contributed by atoms with E-state index in [4.69, 9.17) is 9.47 Å². The molecule has 0 fully saturated rings. The first-order chi connectivity index (χ1) is 10.1. The van der Waals surface area contributed by atoms with E-state index in [1.807, 2.05) is 31.2 Å². The quantitative estimate of drug-likeness (QED) is 0.915. The number of hydrogen-bond acceptors (Lipinski definition) is 3. The molecule has 0 aliphatic heterocycles. The first kappa shape index (κ1) is 14.9. The van der Waals surface area contributed by atoms with Crippen molar-refractivity contribution < 1.29 is 14.3 Å². The van der Waals surface area contributed by atoms with Crippen LogP contribution in [0.15, 0.2) is 48.5 Å². The summed E-state index contributed by atoms with van der Waals surface area (Å²) in [7, 11) is 1.60. The van der Waals surface area contributed by atoms with Crippen LogP contribution in [0.4, 0.5) is 5.69 Å². The van der Waals surface area contributed by atoms with Crippen molar-refractivity contribution in [1.82, 2.24) is 0 Å². The van der Waals surface area contributed by atoms with Gasteiger partial charge in [-0.1, -0.05) is 12.1 Å². The monoisotopic (exact) mass is 285 g/mol. The molecule has 21 heavy (non-hydrogen) atoms. The lowest BCUT2D eigenvalue weighted by molar-refractivity contribution is -0.122. The number of ether oxygens (including phenoxy) is 2. The van der Waals surface area contributed by atoms with E-state index < -0.39 is 6.10 Å². The number of amides is 1. The zero-order chi connectivity index (χ0) is 15.2. The predicted octanol–water partition coefficient (Wildman–Crippen LogP) is 3.41. The lowest BCUT2D eigenvalue weighted by Gasteiger charge is -2.15. The molecule has 1 atom stereocenters. The maximum absolute atomic E-state index is 12.1. The molecule has 0 spiro atoms. The Bertz CT molecular complexity index is 608. The van der Waals surface area contributed by atoms with Crippen LogP contribution >= 0.6 is 0 Å². The predicted molar refractivity (Wildman–Crippen MR) is 82.9 cm³/mol. The van der Waals surface area contributed by atoms with Gasteiger partial charge in [-0.2, -0.15) is 0 Å². The highest BCUT2D eigenvalue weighted by Crippen LogP contribution is 2.17. The van der Waals surface area contributed by atoms with Gasteiger partial charge < -0.3 is 14.8 Å². The second-order valence-corrected chi connectivity index (χ2v) is 4.79. The minimum Gasteiger partial charge on any atom is -0.497 e. The summed E-state index contributed by atoms with van der Waals surface area (Å²) in [4.78, 5) is 12.1. The summed E-state index contributed by atoms with van der Waals surface area (Å²) < 4.78 is 10.7. The van der Waals surface area contributed by atoms with Crippen LogP contribution in [0.5, 0.6) is 11.5 Å². The highest BCUT2D eigenvalue weighted by atomic mass is 16.5. The van der Waals surface area contributed by atoms with Crippen molar-refractivity contribution >= 4 is 11.6 Å². The minimum atomic E-state index is -0.575. The van der Waals surface area contributed by atoms with Crippen LogP contribution in [-0.2, 0) is 4.79 Å². The van der Waals surface area contributed by atoms with Gasteiger partial charge in [-0.25, -0.2) is 0 Å². The highest BCUT2D eigenvalue weighted by molar-refractivity contribution is 5.94. The number of aryl methyl sites for hydroxylation is 1. The number of nitrogens with one attached hydrogen (secondary N) is 1. The number of benzene rings is 2. The van der Waals surface area contributed by atoms with E-state index in [-0.39, 0.29) is 5.91 Å². The van der Waals surface area contributed by atoms with E-state index in [0.717, 1.165) is 11.3 Å². The number of anilines is 1. The van der Waals surface area contributed by atoms with E-state index in [1.165, 1.54) is 0 Å². The SMILES string of the molecule is COc1ccc(NC(=O)[C@@H](C)Oc2cccc(C)c2)cc1. The van der Waals surface area contributed by atoms with Gasteiger partial charge in [0.2, 0.25) is 0 Å². The number of carbonyl (C=O) groups excluding carboxylic acids is 1. The number of rotatable bonds is 5. The molecule has 4 nitrogen and oxygen atoms in total. The Kier molecular flexibility index (Phi) is 4.82. The van der Waals surface area contributed by atoms with Gasteiger partial charge in [0.15, 0.2) is 6.10 Å². The fourth-order valence-corrected chi connectivity index (χ4v) is 1.86. The molecule has 4 heteroatoms. The average Bonchev–Trinajstić information content (AvgIpc) is 2.48. The van der Waals surface area contributed by atoms with Gasteiger partial charge in [0.1, 0.15) is 11.5 Å². The molecule has 110 valence electrons. The standard InChI is InChI=1S/C17H19NO3/c1-12-5-4-6-16(11-12)21-13(2)17(19)18-14-7-9-15(20-3)10-8-14/h4-11,13H,1-3H3,(H,18,19)/t13-/m1/s1. The van der Waals surface area contributed by atoms with Crippen molar-refractivity contribution in [3.05, 3.63) is 54.1 Å². The van der Waals surface area contributed by atoms with Crippen LogP contribution in [-0.4, -0.2) is 19.1 Å². The smallest absolute Gasteiger partial charge is 0.265 e. The Labute approximate surface area is 124 Å². The van der Waals surface area contributed by atoms with Crippen LogP contribution in [0.2, 0.25) is 0 Å². The molecule has 0 heterocycles. The Morgan fingerprint density at radius 1 is 1.10 bits per heavy atom. The zero-order valence-electron chi connectivity index (χ0n) is 12.4. The first-order valence-electron chi connectivity index (χ1n) is 6.77. The van der Waals surface area contributed by atoms with Gasteiger partial charge >= 0.3 is 0 Å². The third-order valence-electron chi connectivity index (χ3n) is 3.03. The third kappa shape index (κ3) is 4.24. The van der Waals surface area contributed by atoms with Crippen molar-refractivity contribution in [1.29, 1.82) is 0 Å². The Balaban J connectivity index is 1.95. The average molecular weight is 285 g/mol. The maximum Gasteiger partial charge on any atom is 0.265 e. The molecule has 1 amide bonds. The van der Waals surface area contributed by atoms with E-state index in [9.17, 15) is 4.79 Å². The molecule has 0 radical (unpaired) electrons. The van der Waals surface area contributed by atoms with Crippen molar-refractivity contribution in [2.45, 2.75) is 20.0 Å². The molecule has 0 saturated heterocycles. The molecule has 0 unspecified atom stereocenters. The Morgan fingerprint density at radius 3 is 2.43 bits per heavy atom. The molecule has 0 aliphatic rings. The summed E-state index contributed by atoms with van der Waals surface area (Å²) in [5, 5.41) is 2.81. The second kappa shape index (κ2) is 6.79. The Morgan fingerprint density at radius 2 is 1.81 bits per heavy atom. The third-order valence-corrected chi connectivity index (χ3v) is 3.03. The highest BCUT2D eigenvalue weighted by Gasteiger charge is 2.14. The largest absolute Gasteiger partial charge is 0.497 e. The fraction of sp³-hybridized carbons (Fsp3) is 0.235. The minimum absolute atomic E-state index is 0.193. The summed E-state index contributed by atoms with van der Waals surface area (Å²) in [6.07, 6.45) is -0.575. The summed E-state index contributed by atoms with van der Waals surface area (Å²) in [5.41, 5.74) is 1.80. The van der Waals surface area contributed by atoms with Crippen molar-refractivity contribution in [2.75, 3.05) is 12.4 Å². The maximum atomic E-state index is 12.1. The van der Waals surface area contributed by atoms with Crippen molar-refractivity contribution in [3.63, 3.8) is 0 Å². The number of carbonyl (C=O) groups is 1. The molecule has 2 rings (SSSR count). The molecule has 2 aromatic carbocycles. The van der Waals surface area contributed by atoms with Crippen molar-refractivity contribution in [2.24, 2.45) is 0 Å². The van der Waals surface area contributed by atoms with E-state index >= 15 is 0 Å². The Hall–Kier alpha value is -2.49. The molecule has 0 aromatic heterocycles. The van der Waals surface area contributed by atoms with Gasteiger partial charge in [-0.15, -0.1) is 0 Å². The molecule has 1 N–H and O–H groups in total. The van der Waals surface area contributed by atoms with Gasteiger partial charge in [0.05, 0.1) is 7.11 Å². The molecule has 0 aliphatic carbocycles. The van der Waals surface area contributed by atoms with E-state index in [0.29, 0.717) is 11.4 Å². The molecular formula is C17H19NO3. The summed E-state index contributed by atoms with van der Waals surface area (Å²) in [6.45, 7) is 3.70. The van der Waals surface area contributed by atoms with E-state index in [1.54, 1.807) is 38.3 Å². The number of hydrogen-bond donors (Lipinski definition) is 1. The van der Waals surface area contributed by atoms with Gasteiger partial charge in [-0.05, 0) is 55.8 Å². The molecule has 0 bridgehead atoms. The van der Waals surface area contributed by atoms with E-state index in [2.05, 4.69) is 5.32 Å². The summed E-state index contributed by atoms with van der Waals surface area (Å²) >= 11 is 0. The van der Waals surface area contributed by atoms with Gasteiger partial charge in [0, 0.05) is 5.69 Å². The second-order valence-electron chi connectivity index (χ2n) is 4.79. The van der Waals surface area contributed by atoms with Crippen LogP contribution < -0.4 is 14.8 Å². The molecular weight excluding hydrogens is 266 g/mol.